The second-order valence-electron chi connectivity index (χ2n) is 5.89. The molecule has 1 aliphatic heterocycles. The van der Waals surface area contributed by atoms with Gasteiger partial charge in [0.25, 0.3) is 0 Å². The summed E-state index contributed by atoms with van der Waals surface area (Å²) in [6.07, 6.45) is 0. The first kappa shape index (κ1) is 15.4. The van der Waals surface area contributed by atoms with Gasteiger partial charge >= 0.3 is 0 Å². The van der Waals surface area contributed by atoms with Crippen LogP contribution in [0.5, 0.6) is 11.5 Å². The van der Waals surface area contributed by atoms with Crippen molar-refractivity contribution < 1.29 is 9.47 Å². The Balaban J connectivity index is 1.77. The summed E-state index contributed by atoms with van der Waals surface area (Å²) in [7, 11) is 3.39. The molecule has 1 heterocycles. The summed E-state index contributed by atoms with van der Waals surface area (Å²) in [6, 6.07) is 24.7. The Hall–Kier alpha value is -3.14. The Kier molecular flexibility index (Phi) is 3.94. The van der Waals surface area contributed by atoms with E-state index >= 15 is 0 Å². The van der Waals surface area contributed by atoms with E-state index in [1.165, 1.54) is 11.4 Å². The van der Waals surface area contributed by atoms with E-state index in [2.05, 4.69) is 58.3 Å². The third-order valence-electron chi connectivity index (χ3n) is 4.48. The lowest BCUT2D eigenvalue weighted by Gasteiger charge is -2.22. The highest BCUT2D eigenvalue weighted by atomic mass is 16.5. The first-order chi connectivity index (χ1) is 12.3. The highest BCUT2D eigenvalue weighted by Crippen LogP contribution is 2.44. The van der Waals surface area contributed by atoms with Crippen molar-refractivity contribution in [2.75, 3.05) is 30.7 Å². The van der Waals surface area contributed by atoms with Gasteiger partial charge in [-0.3, -0.25) is 0 Å². The van der Waals surface area contributed by atoms with Crippen LogP contribution in [0.25, 0.3) is 0 Å². The molecule has 0 unspecified atom stereocenters. The summed E-state index contributed by atoms with van der Waals surface area (Å²) in [5.41, 5.74) is 4.58. The molecule has 25 heavy (non-hydrogen) atoms. The molecule has 4 nitrogen and oxygen atoms in total. The second-order valence-corrected chi connectivity index (χ2v) is 5.89. The zero-order valence-corrected chi connectivity index (χ0v) is 14.3. The van der Waals surface area contributed by atoms with Crippen molar-refractivity contribution in [3.63, 3.8) is 0 Å². The predicted molar refractivity (Wildman–Crippen MR) is 102 cm³/mol. The average molecular weight is 332 g/mol. The average Bonchev–Trinajstić information content (AvgIpc) is 3.08. The van der Waals surface area contributed by atoms with Crippen LogP contribution < -0.4 is 19.3 Å². The number of fused-ring (bicyclic) bond motifs is 1. The number of methoxy groups -OCH3 is 2. The Morgan fingerprint density at radius 1 is 0.640 bits per heavy atom. The molecule has 0 spiro atoms. The molecule has 3 aromatic carbocycles. The molecule has 0 atom stereocenters. The van der Waals surface area contributed by atoms with E-state index in [-0.39, 0.29) is 0 Å². The highest BCUT2D eigenvalue weighted by molar-refractivity contribution is 5.87. The molecule has 0 N–H and O–H groups in total. The Bertz CT molecular complexity index is 822. The van der Waals surface area contributed by atoms with Crippen molar-refractivity contribution in [2.45, 2.75) is 0 Å². The van der Waals surface area contributed by atoms with Crippen LogP contribution in [0.4, 0.5) is 22.7 Å². The van der Waals surface area contributed by atoms with Crippen LogP contribution in [-0.4, -0.2) is 20.9 Å². The van der Waals surface area contributed by atoms with E-state index in [4.69, 9.17) is 9.47 Å². The standard InChI is InChI=1S/C21H20N2O2/c1-24-18-9-5-7-16(13-18)22-15-23(21-12-4-3-11-20(21)22)17-8-6-10-19(14-17)25-2/h3-14H,15H2,1-2H3. The number of ether oxygens (including phenoxy) is 2. The van der Waals surface area contributed by atoms with Crippen molar-refractivity contribution in [1.29, 1.82) is 0 Å². The number of para-hydroxylation sites is 2. The predicted octanol–water partition coefficient (Wildman–Crippen LogP) is 4.95. The normalized spacial score (nSPS) is 12.9. The summed E-state index contributed by atoms with van der Waals surface area (Å²) in [6.45, 7) is 0.736. The van der Waals surface area contributed by atoms with Gasteiger partial charge in [-0.05, 0) is 36.4 Å². The lowest BCUT2D eigenvalue weighted by atomic mass is 10.2. The van der Waals surface area contributed by atoms with Gasteiger partial charge in [0, 0.05) is 23.5 Å². The van der Waals surface area contributed by atoms with Crippen molar-refractivity contribution in [2.24, 2.45) is 0 Å². The molecular weight excluding hydrogens is 312 g/mol. The minimum Gasteiger partial charge on any atom is -0.497 e. The van der Waals surface area contributed by atoms with Crippen molar-refractivity contribution in [3.05, 3.63) is 72.8 Å². The van der Waals surface area contributed by atoms with Gasteiger partial charge in [-0.15, -0.1) is 0 Å². The van der Waals surface area contributed by atoms with Crippen molar-refractivity contribution in [1.82, 2.24) is 0 Å². The lowest BCUT2D eigenvalue weighted by Crippen LogP contribution is -2.23. The minimum atomic E-state index is 0.736. The summed E-state index contributed by atoms with van der Waals surface area (Å²) < 4.78 is 10.8. The van der Waals surface area contributed by atoms with Gasteiger partial charge in [-0.25, -0.2) is 0 Å². The van der Waals surface area contributed by atoms with Crippen LogP contribution in [0.15, 0.2) is 72.8 Å². The van der Waals surface area contributed by atoms with E-state index in [9.17, 15) is 0 Å². The SMILES string of the molecule is COc1cccc(N2CN(c3cccc(OC)c3)c3ccccc32)c1. The van der Waals surface area contributed by atoms with E-state index in [1.807, 2.05) is 24.3 Å². The van der Waals surface area contributed by atoms with Crippen LogP contribution in [0.1, 0.15) is 0 Å². The Labute approximate surface area is 147 Å². The van der Waals surface area contributed by atoms with Gasteiger partial charge in [-0.1, -0.05) is 24.3 Å². The number of rotatable bonds is 4. The first-order valence-corrected chi connectivity index (χ1v) is 8.22. The van der Waals surface area contributed by atoms with E-state index in [0.717, 1.165) is 29.5 Å². The van der Waals surface area contributed by atoms with Crippen LogP contribution in [0, 0.1) is 0 Å². The molecule has 0 radical (unpaired) electrons. The molecule has 0 saturated heterocycles. The number of anilines is 4. The second kappa shape index (κ2) is 6.40. The number of nitrogens with zero attached hydrogens (tertiary/aromatic N) is 2. The van der Waals surface area contributed by atoms with E-state index in [1.54, 1.807) is 14.2 Å². The summed E-state index contributed by atoms with van der Waals surface area (Å²) in [5, 5.41) is 0. The van der Waals surface area contributed by atoms with Crippen LogP contribution in [0.3, 0.4) is 0 Å². The maximum Gasteiger partial charge on any atom is 0.120 e. The van der Waals surface area contributed by atoms with Gasteiger partial charge in [0.2, 0.25) is 0 Å². The zero-order valence-electron chi connectivity index (χ0n) is 14.3. The molecule has 0 saturated carbocycles. The number of hydrogen-bond donors (Lipinski definition) is 0. The van der Waals surface area contributed by atoms with Gasteiger partial charge in [-0.2, -0.15) is 0 Å². The minimum absolute atomic E-state index is 0.736. The lowest BCUT2D eigenvalue weighted by molar-refractivity contribution is 0.415. The molecule has 3 aromatic rings. The molecule has 126 valence electrons. The molecule has 0 fully saturated rings. The fraction of sp³-hybridized carbons (Fsp3) is 0.143. The van der Waals surface area contributed by atoms with Gasteiger partial charge in [0.05, 0.1) is 25.6 Å². The molecule has 1 aliphatic rings. The van der Waals surface area contributed by atoms with Crippen LogP contribution >= 0.6 is 0 Å². The maximum absolute atomic E-state index is 5.39. The van der Waals surface area contributed by atoms with Crippen LogP contribution in [0.2, 0.25) is 0 Å². The summed E-state index contributed by atoms with van der Waals surface area (Å²) in [5.74, 6) is 1.71. The largest absolute Gasteiger partial charge is 0.497 e. The molecule has 4 heteroatoms. The quantitative estimate of drug-likeness (QED) is 0.675. The number of benzene rings is 3. The number of hydrogen-bond acceptors (Lipinski definition) is 4. The fourth-order valence-corrected chi connectivity index (χ4v) is 3.21. The van der Waals surface area contributed by atoms with Crippen LogP contribution in [-0.2, 0) is 0 Å². The van der Waals surface area contributed by atoms with Gasteiger partial charge in [0.15, 0.2) is 0 Å². The monoisotopic (exact) mass is 332 g/mol. The fourth-order valence-electron chi connectivity index (χ4n) is 3.21. The summed E-state index contributed by atoms with van der Waals surface area (Å²) in [4.78, 5) is 4.58. The molecule has 0 aromatic heterocycles. The third kappa shape index (κ3) is 2.76. The summed E-state index contributed by atoms with van der Waals surface area (Å²) >= 11 is 0. The Morgan fingerprint density at radius 3 is 1.56 bits per heavy atom. The molecular formula is C21H20N2O2. The first-order valence-electron chi connectivity index (χ1n) is 8.22. The highest BCUT2D eigenvalue weighted by Gasteiger charge is 2.27. The maximum atomic E-state index is 5.39. The smallest absolute Gasteiger partial charge is 0.120 e. The third-order valence-corrected chi connectivity index (χ3v) is 4.48. The molecule has 0 bridgehead atoms. The van der Waals surface area contributed by atoms with Crippen molar-refractivity contribution in [3.8, 4) is 11.5 Å². The molecule has 4 rings (SSSR count). The molecule has 0 aliphatic carbocycles. The van der Waals surface area contributed by atoms with Gasteiger partial charge in [0.1, 0.15) is 18.2 Å². The van der Waals surface area contributed by atoms with E-state index in [0.29, 0.717) is 0 Å². The Morgan fingerprint density at radius 2 is 1.12 bits per heavy atom. The molecule has 0 amide bonds. The van der Waals surface area contributed by atoms with E-state index < -0.39 is 0 Å². The van der Waals surface area contributed by atoms with Crippen molar-refractivity contribution >= 4 is 22.7 Å². The zero-order chi connectivity index (χ0) is 17.2. The van der Waals surface area contributed by atoms with Gasteiger partial charge < -0.3 is 19.3 Å². The topological polar surface area (TPSA) is 24.9 Å².